The second-order valence-electron chi connectivity index (χ2n) is 6.04. The molecule has 0 saturated heterocycles. The second-order valence-corrected chi connectivity index (χ2v) is 6.04. The fourth-order valence-electron chi connectivity index (χ4n) is 3.26. The van der Waals surface area contributed by atoms with Crippen molar-refractivity contribution < 1.29 is 0 Å². The van der Waals surface area contributed by atoms with E-state index in [1.165, 1.54) is 44.2 Å². The van der Waals surface area contributed by atoms with E-state index in [0.717, 1.165) is 11.6 Å². The zero-order valence-electron chi connectivity index (χ0n) is 12.7. The molecule has 0 amide bonds. The Balaban J connectivity index is 1.66. The van der Waals surface area contributed by atoms with E-state index in [2.05, 4.69) is 46.7 Å². The average molecular weight is 284 g/mol. The lowest BCUT2D eigenvalue weighted by Crippen LogP contribution is -2.18. The van der Waals surface area contributed by atoms with Crippen LogP contribution in [0.3, 0.4) is 0 Å². The van der Waals surface area contributed by atoms with Gasteiger partial charge in [-0.3, -0.25) is 4.57 Å². The van der Waals surface area contributed by atoms with E-state index >= 15 is 0 Å². The second kappa shape index (κ2) is 6.74. The van der Waals surface area contributed by atoms with Crippen molar-refractivity contribution in [1.29, 1.82) is 0 Å². The summed E-state index contributed by atoms with van der Waals surface area (Å²) in [6.45, 7) is 2.32. The van der Waals surface area contributed by atoms with Gasteiger partial charge in [-0.05, 0) is 43.4 Å². The molecule has 0 aliphatic heterocycles. The van der Waals surface area contributed by atoms with E-state index in [1.54, 1.807) is 12.7 Å². The van der Waals surface area contributed by atoms with Gasteiger partial charge in [-0.15, -0.1) is 10.2 Å². The minimum Gasteiger partial charge on any atom is -0.382 e. The van der Waals surface area contributed by atoms with Crippen molar-refractivity contribution in [2.75, 3.05) is 5.32 Å². The van der Waals surface area contributed by atoms with Gasteiger partial charge in [-0.25, -0.2) is 0 Å². The SMILES string of the molecule is CCC1CCCC(Nc2cccc(-n3cnnc3)c2)CC1. The van der Waals surface area contributed by atoms with Crippen molar-refractivity contribution in [3.63, 3.8) is 0 Å². The van der Waals surface area contributed by atoms with Gasteiger partial charge in [0.15, 0.2) is 0 Å². The van der Waals surface area contributed by atoms with Crippen molar-refractivity contribution in [3.8, 4) is 5.69 Å². The first kappa shape index (κ1) is 14.1. The van der Waals surface area contributed by atoms with E-state index in [0.29, 0.717) is 6.04 Å². The molecule has 1 heterocycles. The molecular formula is C17H24N4. The van der Waals surface area contributed by atoms with Crippen molar-refractivity contribution in [2.45, 2.75) is 51.5 Å². The summed E-state index contributed by atoms with van der Waals surface area (Å²) in [5, 5.41) is 11.4. The van der Waals surface area contributed by atoms with Crippen LogP contribution in [0.25, 0.3) is 5.69 Å². The molecule has 4 nitrogen and oxygen atoms in total. The molecule has 1 N–H and O–H groups in total. The van der Waals surface area contributed by atoms with Crippen LogP contribution < -0.4 is 5.32 Å². The van der Waals surface area contributed by atoms with Gasteiger partial charge in [0.2, 0.25) is 0 Å². The Morgan fingerprint density at radius 3 is 2.81 bits per heavy atom. The predicted octanol–water partition coefficient (Wildman–Crippen LogP) is 4.04. The summed E-state index contributed by atoms with van der Waals surface area (Å²) < 4.78 is 1.94. The first-order valence-electron chi connectivity index (χ1n) is 8.06. The highest BCUT2D eigenvalue weighted by Crippen LogP contribution is 2.27. The van der Waals surface area contributed by atoms with E-state index < -0.39 is 0 Å². The molecule has 1 aliphatic rings. The Labute approximate surface area is 126 Å². The molecule has 2 atom stereocenters. The topological polar surface area (TPSA) is 42.7 Å². The van der Waals surface area contributed by atoms with Gasteiger partial charge in [0.25, 0.3) is 0 Å². The van der Waals surface area contributed by atoms with Gasteiger partial charge in [0.05, 0.1) is 5.69 Å². The number of benzene rings is 1. The zero-order valence-corrected chi connectivity index (χ0v) is 12.7. The van der Waals surface area contributed by atoms with E-state index in [4.69, 9.17) is 0 Å². The van der Waals surface area contributed by atoms with Gasteiger partial charge in [0, 0.05) is 11.7 Å². The standard InChI is InChI=1S/C17H24N4/c1-2-14-5-3-6-15(10-9-14)20-16-7-4-8-17(11-16)21-12-18-19-13-21/h4,7-8,11-15,20H,2-3,5-6,9-10H2,1H3. The number of nitrogens with one attached hydrogen (secondary N) is 1. The molecule has 2 aromatic rings. The quantitative estimate of drug-likeness (QED) is 0.862. The van der Waals surface area contributed by atoms with E-state index in [9.17, 15) is 0 Å². The van der Waals surface area contributed by atoms with Crippen molar-refractivity contribution in [2.24, 2.45) is 5.92 Å². The summed E-state index contributed by atoms with van der Waals surface area (Å²) in [6.07, 6.45) is 11.5. The van der Waals surface area contributed by atoms with Crippen LogP contribution in [-0.2, 0) is 0 Å². The molecule has 1 saturated carbocycles. The largest absolute Gasteiger partial charge is 0.382 e. The fraction of sp³-hybridized carbons (Fsp3) is 0.529. The van der Waals surface area contributed by atoms with Gasteiger partial charge in [0.1, 0.15) is 12.7 Å². The number of anilines is 1. The number of hydrogen-bond acceptors (Lipinski definition) is 3. The molecule has 0 radical (unpaired) electrons. The van der Waals surface area contributed by atoms with Gasteiger partial charge in [-0.2, -0.15) is 0 Å². The Bertz CT molecular complexity index is 550. The molecule has 1 aliphatic carbocycles. The third kappa shape index (κ3) is 3.63. The minimum atomic E-state index is 0.609. The summed E-state index contributed by atoms with van der Waals surface area (Å²) in [5.41, 5.74) is 2.30. The first-order valence-corrected chi connectivity index (χ1v) is 8.06. The monoisotopic (exact) mass is 284 g/mol. The first-order chi connectivity index (χ1) is 10.3. The van der Waals surface area contributed by atoms with Crippen LogP contribution >= 0.6 is 0 Å². The maximum absolute atomic E-state index is 3.87. The molecule has 1 fully saturated rings. The van der Waals surface area contributed by atoms with Crippen LogP contribution in [0.1, 0.15) is 45.4 Å². The highest BCUT2D eigenvalue weighted by Gasteiger charge is 2.17. The summed E-state index contributed by atoms with van der Waals surface area (Å²) in [4.78, 5) is 0. The molecule has 112 valence electrons. The zero-order chi connectivity index (χ0) is 14.5. The number of hydrogen-bond donors (Lipinski definition) is 1. The number of aromatic nitrogens is 3. The van der Waals surface area contributed by atoms with Gasteiger partial charge in [-0.1, -0.05) is 32.3 Å². The van der Waals surface area contributed by atoms with E-state index in [-0.39, 0.29) is 0 Å². The number of rotatable bonds is 4. The third-order valence-electron chi connectivity index (χ3n) is 4.60. The van der Waals surface area contributed by atoms with Crippen molar-refractivity contribution >= 4 is 5.69 Å². The molecule has 4 heteroatoms. The van der Waals surface area contributed by atoms with E-state index in [1.807, 2.05) is 4.57 Å². The van der Waals surface area contributed by atoms with Crippen molar-refractivity contribution in [1.82, 2.24) is 14.8 Å². The molecule has 21 heavy (non-hydrogen) atoms. The Kier molecular flexibility index (Phi) is 4.53. The van der Waals surface area contributed by atoms with Crippen LogP contribution in [0.4, 0.5) is 5.69 Å². The normalized spacial score (nSPS) is 22.7. The van der Waals surface area contributed by atoms with Gasteiger partial charge < -0.3 is 5.32 Å². The fourth-order valence-corrected chi connectivity index (χ4v) is 3.26. The summed E-state index contributed by atoms with van der Waals surface area (Å²) in [7, 11) is 0. The van der Waals surface area contributed by atoms with Crippen LogP contribution in [0.2, 0.25) is 0 Å². The molecule has 1 aromatic heterocycles. The smallest absolute Gasteiger partial charge is 0.123 e. The average Bonchev–Trinajstić information content (AvgIpc) is 2.96. The van der Waals surface area contributed by atoms with Crippen LogP contribution in [0, 0.1) is 5.92 Å². The number of nitrogens with zero attached hydrogens (tertiary/aromatic N) is 3. The van der Waals surface area contributed by atoms with Gasteiger partial charge >= 0.3 is 0 Å². The molecule has 0 spiro atoms. The maximum Gasteiger partial charge on any atom is 0.123 e. The third-order valence-corrected chi connectivity index (χ3v) is 4.60. The summed E-state index contributed by atoms with van der Waals surface area (Å²) >= 11 is 0. The van der Waals surface area contributed by atoms with Crippen molar-refractivity contribution in [3.05, 3.63) is 36.9 Å². The molecule has 2 unspecified atom stereocenters. The van der Waals surface area contributed by atoms with Crippen LogP contribution in [0.5, 0.6) is 0 Å². The van der Waals surface area contributed by atoms with Crippen LogP contribution in [-0.4, -0.2) is 20.8 Å². The highest BCUT2D eigenvalue weighted by atomic mass is 15.2. The lowest BCUT2D eigenvalue weighted by atomic mass is 9.98. The minimum absolute atomic E-state index is 0.609. The Hall–Kier alpha value is -1.84. The lowest BCUT2D eigenvalue weighted by Gasteiger charge is -2.18. The Morgan fingerprint density at radius 2 is 2.00 bits per heavy atom. The molecule has 3 rings (SSSR count). The highest BCUT2D eigenvalue weighted by molar-refractivity contribution is 5.51. The molecule has 1 aromatic carbocycles. The predicted molar refractivity (Wildman–Crippen MR) is 85.6 cm³/mol. The van der Waals surface area contributed by atoms with Crippen LogP contribution in [0.15, 0.2) is 36.9 Å². The molecular weight excluding hydrogens is 260 g/mol. The lowest BCUT2D eigenvalue weighted by molar-refractivity contribution is 0.444. The maximum atomic E-state index is 3.87. The summed E-state index contributed by atoms with van der Waals surface area (Å²) in [5.74, 6) is 0.931. The Morgan fingerprint density at radius 1 is 1.14 bits per heavy atom. The molecule has 0 bridgehead atoms. The summed E-state index contributed by atoms with van der Waals surface area (Å²) in [6, 6.07) is 9.09.